The molecule has 0 saturated carbocycles. The van der Waals surface area contributed by atoms with E-state index < -0.39 is 29.3 Å². The standard InChI is InChI=1S/C12H10F3NO4/c1-11(9(17)18)6-20-10(19)16(11)8-4-2-7(3-5-8)12(13,14)15/h2-5H,6H2,1H3,(H,17,18). The number of hydrogen-bond acceptors (Lipinski definition) is 3. The van der Waals surface area contributed by atoms with E-state index >= 15 is 0 Å². The highest BCUT2D eigenvalue weighted by atomic mass is 19.4. The summed E-state index contributed by atoms with van der Waals surface area (Å²) in [4.78, 5) is 23.6. The second-order valence-electron chi connectivity index (χ2n) is 4.51. The van der Waals surface area contributed by atoms with Crippen LogP contribution in [0.15, 0.2) is 24.3 Å². The molecule has 20 heavy (non-hydrogen) atoms. The number of hydrogen-bond donors (Lipinski definition) is 1. The molecule has 2 rings (SSSR count). The SMILES string of the molecule is CC1(C(=O)O)COC(=O)N1c1ccc(C(F)(F)F)cc1. The molecule has 108 valence electrons. The molecule has 1 unspecified atom stereocenters. The largest absolute Gasteiger partial charge is 0.479 e. The molecular weight excluding hydrogens is 279 g/mol. The summed E-state index contributed by atoms with van der Waals surface area (Å²) in [7, 11) is 0. The number of carboxylic acid groups (broad SMARTS) is 1. The average Bonchev–Trinajstić information content (AvgIpc) is 2.66. The molecule has 1 fully saturated rings. The maximum Gasteiger partial charge on any atom is 0.416 e. The van der Waals surface area contributed by atoms with E-state index in [9.17, 15) is 22.8 Å². The lowest BCUT2D eigenvalue weighted by Gasteiger charge is -2.27. The van der Waals surface area contributed by atoms with Crippen molar-refractivity contribution in [2.75, 3.05) is 11.5 Å². The Balaban J connectivity index is 2.40. The Morgan fingerprint density at radius 2 is 1.90 bits per heavy atom. The van der Waals surface area contributed by atoms with E-state index in [2.05, 4.69) is 4.74 Å². The number of alkyl halides is 3. The monoisotopic (exact) mass is 289 g/mol. The van der Waals surface area contributed by atoms with Gasteiger partial charge in [-0.05, 0) is 31.2 Å². The minimum absolute atomic E-state index is 0.0328. The maximum atomic E-state index is 12.5. The first-order valence-electron chi connectivity index (χ1n) is 5.54. The Morgan fingerprint density at radius 3 is 2.35 bits per heavy atom. The number of benzene rings is 1. The number of anilines is 1. The smallest absolute Gasteiger partial charge is 0.416 e. The van der Waals surface area contributed by atoms with E-state index in [1.807, 2.05) is 0 Å². The van der Waals surface area contributed by atoms with Gasteiger partial charge < -0.3 is 9.84 Å². The number of carbonyl (C=O) groups is 2. The van der Waals surface area contributed by atoms with E-state index in [1.165, 1.54) is 6.92 Å². The number of nitrogens with zero attached hydrogens (tertiary/aromatic N) is 1. The molecule has 8 heteroatoms. The molecule has 0 radical (unpaired) electrons. The number of carboxylic acids is 1. The van der Waals surface area contributed by atoms with Crippen LogP contribution >= 0.6 is 0 Å². The molecule has 0 spiro atoms. The van der Waals surface area contributed by atoms with Gasteiger partial charge in [0, 0.05) is 5.69 Å². The van der Waals surface area contributed by atoms with Crippen molar-refractivity contribution in [2.45, 2.75) is 18.6 Å². The summed E-state index contributed by atoms with van der Waals surface area (Å²) in [5, 5.41) is 9.15. The third-order valence-electron chi connectivity index (χ3n) is 3.07. The van der Waals surface area contributed by atoms with Gasteiger partial charge in [0.1, 0.15) is 6.61 Å². The van der Waals surface area contributed by atoms with Crippen molar-refractivity contribution in [1.82, 2.24) is 0 Å². The number of rotatable bonds is 2. The number of carbonyl (C=O) groups excluding carboxylic acids is 1. The van der Waals surface area contributed by atoms with Gasteiger partial charge in [0.25, 0.3) is 0 Å². The van der Waals surface area contributed by atoms with Crippen molar-refractivity contribution < 1.29 is 32.6 Å². The van der Waals surface area contributed by atoms with Gasteiger partial charge in [0.05, 0.1) is 5.56 Å². The fourth-order valence-electron chi connectivity index (χ4n) is 1.88. The summed E-state index contributed by atoms with van der Waals surface area (Å²) in [6, 6.07) is 3.64. The van der Waals surface area contributed by atoms with E-state index in [1.54, 1.807) is 0 Å². The third-order valence-corrected chi connectivity index (χ3v) is 3.07. The van der Waals surface area contributed by atoms with E-state index in [0.717, 1.165) is 29.2 Å². The Hall–Kier alpha value is -2.25. The van der Waals surface area contributed by atoms with Crippen LogP contribution < -0.4 is 4.90 Å². The highest BCUT2D eigenvalue weighted by Gasteiger charge is 2.50. The zero-order valence-corrected chi connectivity index (χ0v) is 10.3. The van der Waals surface area contributed by atoms with Crippen molar-refractivity contribution in [3.8, 4) is 0 Å². The van der Waals surface area contributed by atoms with Gasteiger partial charge in [0.15, 0.2) is 5.54 Å². The van der Waals surface area contributed by atoms with Gasteiger partial charge in [-0.2, -0.15) is 13.2 Å². The fourth-order valence-corrected chi connectivity index (χ4v) is 1.88. The molecule has 1 aliphatic rings. The molecule has 5 nitrogen and oxygen atoms in total. The van der Waals surface area contributed by atoms with E-state index in [0.29, 0.717) is 0 Å². The first-order valence-corrected chi connectivity index (χ1v) is 5.54. The van der Waals surface area contributed by atoms with Crippen molar-refractivity contribution in [3.05, 3.63) is 29.8 Å². The summed E-state index contributed by atoms with van der Waals surface area (Å²) in [6.45, 7) is 0.889. The number of amides is 1. The van der Waals surface area contributed by atoms with Crippen LogP contribution in [-0.4, -0.2) is 29.3 Å². The van der Waals surface area contributed by atoms with Crippen LogP contribution in [0, 0.1) is 0 Å². The lowest BCUT2D eigenvalue weighted by Crippen LogP contribution is -2.51. The molecule has 1 aliphatic heterocycles. The summed E-state index contributed by atoms with van der Waals surface area (Å²) in [6.07, 6.45) is -5.41. The Bertz CT molecular complexity index is 555. The normalized spacial score (nSPS) is 22.8. The van der Waals surface area contributed by atoms with Crippen molar-refractivity contribution in [3.63, 3.8) is 0 Å². The molecular formula is C12H10F3NO4. The van der Waals surface area contributed by atoms with E-state index in [4.69, 9.17) is 5.11 Å². The molecule has 0 bridgehead atoms. The Morgan fingerprint density at radius 1 is 1.35 bits per heavy atom. The minimum atomic E-state index is -4.50. The van der Waals surface area contributed by atoms with Crippen LogP contribution in [0.2, 0.25) is 0 Å². The topological polar surface area (TPSA) is 66.8 Å². The minimum Gasteiger partial charge on any atom is -0.479 e. The molecule has 1 aromatic rings. The van der Waals surface area contributed by atoms with Crippen molar-refractivity contribution in [1.29, 1.82) is 0 Å². The predicted octanol–water partition coefficient (Wildman–Crippen LogP) is 2.51. The van der Waals surface area contributed by atoms with Gasteiger partial charge >= 0.3 is 18.2 Å². The zero-order chi connectivity index (χ0) is 15.1. The first-order chi connectivity index (χ1) is 9.16. The maximum absolute atomic E-state index is 12.5. The van der Waals surface area contributed by atoms with Crippen LogP contribution in [0.4, 0.5) is 23.7 Å². The Labute approximate surface area is 111 Å². The van der Waals surface area contributed by atoms with Crippen LogP contribution in [-0.2, 0) is 15.7 Å². The summed E-state index contributed by atoms with van der Waals surface area (Å²) >= 11 is 0. The zero-order valence-electron chi connectivity index (χ0n) is 10.3. The molecule has 1 N–H and O–H groups in total. The number of aliphatic carboxylic acids is 1. The highest BCUT2D eigenvalue weighted by Crippen LogP contribution is 2.34. The van der Waals surface area contributed by atoms with Crippen LogP contribution in [0.1, 0.15) is 12.5 Å². The molecule has 1 heterocycles. The average molecular weight is 289 g/mol. The molecule has 1 atom stereocenters. The molecule has 1 amide bonds. The molecule has 1 aromatic carbocycles. The lowest BCUT2D eigenvalue weighted by atomic mass is 10.0. The summed E-state index contributed by atoms with van der Waals surface area (Å²) in [5.41, 5.74) is -2.49. The lowest BCUT2D eigenvalue weighted by molar-refractivity contribution is -0.142. The second kappa shape index (κ2) is 4.39. The van der Waals surface area contributed by atoms with Gasteiger partial charge in [-0.1, -0.05) is 0 Å². The Kier molecular flexibility index (Phi) is 3.11. The van der Waals surface area contributed by atoms with Gasteiger partial charge in [-0.25, -0.2) is 9.59 Å². The van der Waals surface area contributed by atoms with Crippen molar-refractivity contribution in [2.24, 2.45) is 0 Å². The molecule has 0 aliphatic carbocycles. The summed E-state index contributed by atoms with van der Waals surface area (Å²) in [5.74, 6) is -1.30. The van der Waals surface area contributed by atoms with Crippen LogP contribution in [0.25, 0.3) is 0 Å². The van der Waals surface area contributed by atoms with Crippen LogP contribution in [0.3, 0.4) is 0 Å². The highest BCUT2D eigenvalue weighted by molar-refractivity contribution is 6.00. The molecule has 0 aromatic heterocycles. The number of ether oxygens (including phenoxy) is 1. The molecule has 1 saturated heterocycles. The number of halogens is 3. The number of cyclic esters (lactones) is 1. The predicted molar refractivity (Wildman–Crippen MR) is 61.3 cm³/mol. The first kappa shape index (κ1) is 14.2. The van der Waals surface area contributed by atoms with Gasteiger partial charge in [0.2, 0.25) is 0 Å². The summed E-state index contributed by atoms with van der Waals surface area (Å²) < 4.78 is 42.0. The van der Waals surface area contributed by atoms with Crippen LogP contribution in [0.5, 0.6) is 0 Å². The van der Waals surface area contributed by atoms with Gasteiger partial charge in [-0.3, -0.25) is 4.90 Å². The fraction of sp³-hybridized carbons (Fsp3) is 0.333. The van der Waals surface area contributed by atoms with Crippen molar-refractivity contribution >= 4 is 17.7 Å². The van der Waals surface area contributed by atoms with E-state index in [-0.39, 0.29) is 12.3 Å². The third kappa shape index (κ3) is 2.17. The van der Waals surface area contributed by atoms with Gasteiger partial charge in [-0.15, -0.1) is 0 Å². The second-order valence-corrected chi connectivity index (χ2v) is 4.51. The quantitative estimate of drug-likeness (QED) is 0.908.